The molecule has 0 aromatic heterocycles. The van der Waals surface area contributed by atoms with E-state index in [1.165, 1.54) is 17.0 Å². The Morgan fingerprint density at radius 3 is 2.03 bits per heavy atom. The minimum Gasteiger partial charge on any atom is -0.355 e. The van der Waals surface area contributed by atoms with Crippen LogP contribution in [0, 0.1) is 20.8 Å². The van der Waals surface area contributed by atoms with Gasteiger partial charge in [0.05, 0.1) is 10.6 Å². The highest BCUT2D eigenvalue weighted by Gasteiger charge is 2.32. The second-order valence-electron chi connectivity index (χ2n) is 9.24. The van der Waals surface area contributed by atoms with Gasteiger partial charge in [-0.15, -0.1) is 0 Å². The van der Waals surface area contributed by atoms with Gasteiger partial charge in [0.2, 0.25) is 11.8 Å². The molecular weight excluding hydrogens is 486 g/mol. The topological polar surface area (TPSA) is 86.8 Å². The molecule has 1 N–H and O–H groups in total. The van der Waals surface area contributed by atoms with Crippen molar-refractivity contribution >= 4 is 27.5 Å². The SMILES string of the molecule is CCNC(=O)[C@H](C)N(Cc1cccc(C)c1)C(=O)CN(c1ccc(C)cc1)S(=O)(=O)c1ccc(C)cc1. The average molecular weight is 522 g/mol. The summed E-state index contributed by atoms with van der Waals surface area (Å²) in [5, 5.41) is 2.77. The molecule has 0 saturated carbocycles. The molecule has 0 aliphatic rings. The van der Waals surface area contributed by atoms with Crippen molar-refractivity contribution < 1.29 is 18.0 Å². The van der Waals surface area contributed by atoms with Crippen LogP contribution >= 0.6 is 0 Å². The van der Waals surface area contributed by atoms with Crippen molar-refractivity contribution in [2.45, 2.75) is 52.1 Å². The molecule has 0 fully saturated rings. The Hall–Kier alpha value is -3.65. The fourth-order valence-electron chi connectivity index (χ4n) is 3.99. The Labute approximate surface area is 220 Å². The fraction of sp³-hybridized carbons (Fsp3) is 0.310. The highest BCUT2D eigenvalue weighted by molar-refractivity contribution is 7.92. The maximum Gasteiger partial charge on any atom is 0.264 e. The molecule has 3 rings (SSSR count). The molecule has 3 aromatic rings. The summed E-state index contributed by atoms with van der Waals surface area (Å²) in [5.41, 5.74) is 4.15. The maximum atomic E-state index is 13.8. The van der Waals surface area contributed by atoms with E-state index in [9.17, 15) is 18.0 Å². The van der Waals surface area contributed by atoms with E-state index in [0.717, 1.165) is 26.6 Å². The zero-order valence-electron chi connectivity index (χ0n) is 22.1. The Balaban J connectivity index is 2.02. The van der Waals surface area contributed by atoms with E-state index in [4.69, 9.17) is 0 Å². The molecular formula is C29H35N3O4S. The van der Waals surface area contributed by atoms with Gasteiger partial charge in [-0.2, -0.15) is 0 Å². The minimum absolute atomic E-state index is 0.0912. The molecule has 0 bridgehead atoms. The molecule has 0 saturated heterocycles. The van der Waals surface area contributed by atoms with Gasteiger partial charge in [0.1, 0.15) is 12.6 Å². The van der Waals surface area contributed by atoms with Crippen LogP contribution in [-0.4, -0.2) is 44.3 Å². The fourth-order valence-corrected chi connectivity index (χ4v) is 5.40. The van der Waals surface area contributed by atoms with E-state index in [0.29, 0.717) is 12.2 Å². The third-order valence-electron chi connectivity index (χ3n) is 6.16. The maximum absolute atomic E-state index is 13.8. The summed E-state index contributed by atoms with van der Waals surface area (Å²) in [4.78, 5) is 28.1. The molecule has 196 valence electrons. The third-order valence-corrected chi connectivity index (χ3v) is 7.95. The Morgan fingerprint density at radius 2 is 1.46 bits per heavy atom. The predicted molar refractivity (Wildman–Crippen MR) is 147 cm³/mol. The number of anilines is 1. The van der Waals surface area contributed by atoms with E-state index in [-0.39, 0.29) is 17.3 Å². The van der Waals surface area contributed by atoms with Crippen LogP contribution in [0.2, 0.25) is 0 Å². The van der Waals surface area contributed by atoms with Gasteiger partial charge in [-0.3, -0.25) is 13.9 Å². The molecule has 7 nitrogen and oxygen atoms in total. The number of hydrogen-bond donors (Lipinski definition) is 1. The molecule has 0 radical (unpaired) electrons. The first kappa shape index (κ1) is 27.9. The van der Waals surface area contributed by atoms with Crippen molar-refractivity contribution in [1.29, 1.82) is 0 Å². The Bertz CT molecular complexity index is 1340. The van der Waals surface area contributed by atoms with Gasteiger partial charge in [0.15, 0.2) is 0 Å². The summed E-state index contributed by atoms with van der Waals surface area (Å²) in [7, 11) is -4.06. The molecule has 8 heteroatoms. The summed E-state index contributed by atoms with van der Waals surface area (Å²) < 4.78 is 28.7. The van der Waals surface area contributed by atoms with Crippen LogP contribution in [0.5, 0.6) is 0 Å². The van der Waals surface area contributed by atoms with Gasteiger partial charge >= 0.3 is 0 Å². The number of benzene rings is 3. The number of nitrogens with zero attached hydrogens (tertiary/aromatic N) is 2. The molecule has 1 atom stereocenters. The summed E-state index contributed by atoms with van der Waals surface area (Å²) >= 11 is 0. The van der Waals surface area contributed by atoms with Crippen LogP contribution in [-0.2, 0) is 26.2 Å². The number of carbonyl (C=O) groups excluding carboxylic acids is 2. The van der Waals surface area contributed by atoms with Gasteiger partial charge in [-0.05, 0) is 64.4 Å². The minimum atomic E-state index is -4.06. The lowest BCUT2D eigenvalue weighted by Gasteiger charge is -2.32. The number of sulfonamides is 1. The van der Waals surface area contributed by atoms with Crippen LogP contribution in [0.4, 0.5) is 5.69 Å². The van der Waals surface area contributed by atoms with Gasteiger partial charge in [0.25, 0.3) is 10.0 Å². The van der Waals surface area contributed by atoms with Crippen molar-refractivity contribution in [2.75, 3.05) is 17.4 Å². The van der Waals surface area contributed by atoms with E-state index < -0.39 is 28.5 Å². The zero-order chi connectivity index (χ0) is 27.2. The second kappa shape index (κ2) is 12.1. The van der Waals surface area contributed by atoms with Crippen molar-refractivity contribution in [3.63, 3.8) is 0 Å². The zero-order valence-corrected chi connectivity index (χ0v) is 22.9. The highest BCUT2D eigenvalue weighted by atomic mass is 32.2. The van der Waals surface area contributed by atoms with Crippen molar-refractivity contribution in [2.24, 2.45) is 0 Å². The highest BCUT2D eigenvalue weighted by Crippen LogP contribution is 2.25. The number of likely N-dealkylation sites (N-methyl/N-ethyl adjacent to an activating group) is 1. The van der Waals surface area contributed by atoms with Crippen molar-refractivity contribution in [1.82, 2.24) is 10.2 Å². The number of aryl methyl sites for hydroxylation is 3. The first-order chi connectivity index (χ1) is 17.5. The number of amides is 2. The quantitative estimate of drug-likeness (QED) is 0.430. The molecule has 0 unspecified atom stereocenters. The first-order valence-corrected chi connectivity index (χ1v) is 13.8. The summed E-state index contributed by atoms with van der Waals surface area (Å²) in [6.07, 6.45) is 0. The normalized spacial score (nSPS) is 12.0. The number of carbonyl (C=O) groups is 2. The third kappa shape index (κ3) is 6.98. The largest absolute Gasteiger partial charge is 0.355 e. The van der Waals surface area contributed by atoms with Gasteiger partial charge < -0.3 is 10.2 Å². The van der Waals surface area contributed by atoms with E-state index >= 15 is 0 Å². The molecule has 0 aliphatic heterocycles. The lowest BCUT2D eigenvalue weighted by Crippen LogP contribution is -2.51. The van der Waals surface area contributed by atoms with Gasteiger partial charge in [-0.25, -0.2) is 8.42 Å². The first-order valence-electron chi connectivity index (χ1n) is 12.3. The lowest BCUT2D eigenvalue weighted by molar-refractivity contribution is -0.139. The standard InChI is InChI=1S/C29H35N3O4S/c1-6-30-29(34)24(5)31(19-25-9-7-8-23(4)18-25)28(33)20-32(26-14-10-21(2)11-15-26)37(35,36)27-16-12-22(3)13-17-27/h7-18,24H,6,19-20H2,1-5H3,(H,30,34)/t24-/m0/s1. The van der Waals surface area contributed by atoms with Crippen LogP contribution in [0.15, 0.2) is 77.7 Å². The molecule has 2 amide bonds. The average Bonchev–Trinajstić information content (AvgIpc) is 2.86. The van der Waals surface area contributed by atoms with Crippen molar-refractivity contribution in [3.8, 4) is 0 Å². The smallest absolute Gasteiger partial charge is 0.264 e. The Kier molecular flexibility index (Phi) is 9.10. The van der Waals surface area contributed by atoms with E-state index in [2.05, 4.69) is 5.32 Å². The number of nitrogens with one attached hydrogen (secondary N) is 1. The van der Waals surface area contributed by atoms with Crippen LogP contribution < -0.4 is 9.62 Å². The van der Waals surface area contributed by atoms with Crippen molar-refractivity contribution in [3.05, 3.63) is 95.1 Å². The predicted octanol–water partition coefficient (Wildman–Crippen LogP) is 4.36. The summed E-state index contributed by atoms with van der Waals surface area (Å²) in [6, 6.07) is 20.4. The molecule has 0 heterocycles. The molecule has 3 aromatic carbocycles. The van der Waals surface area contributed by atoms with Crippen LogP contribution in [0.3, 0.4) is 0 Å². The van der Waals surface area contributed by atoms with E-state index in [1.807, 2.05) is 52.0 Å². The Morgan fingerprint density at radius 1 is 0.865 bits per heavy atom. The van der Waals surface area contributed by atoms with Gasteiger partial charge in [0, 0.05) is 13.1 Å². The lowest BCUT2D eigenvalue weighted by atomic mass is 10.1. The monoisotopic (exact) mass is 521 g/mol. The number of hydrogen-bond acceptors (Lipinski definition) is 4. The molecule has 37 heavy (non-hydrogen) atoms. The summed E-state index contributed by atoms with van der Waals surface area (Å²) in [5.74, 6) is -0.775. The summed E-state index contributed by atoms with van der Waals surface area (Å²) in [6.45, 7) is 9.35. The molecule has 0 aliphatic carbocycles. The second-order valence-corrected chi connectivity index (χ2v) is 11.1. The van der Waals surface area contributed by atoms with Crippen LogP contribution in [0.25, 0.3) is 0 Å². The van der Waals surface area contributed by atoms with E-state index in [1.54, 1.807) is 43.3 Å². The van der Waals surface area contributed by atoms with Crippen LogP contribution in [0.1, 0.15) is 36.1 Å². The molecule has 0 spiro atoms. The van der Waals surface area contributed by atoms with Gasteiger partial charge in [-0.1, -0.05) is 65.2 Å². The number of rotatable bonds is 10.